The Morgan fingerprint density at radius 1 is 1.41 bits per heavy atom. The van der Waals surface area contributed by atoms with Gasteiger partial charge >= 0.3 is 0 Å². The molecule has 0 aliphatic carbocycles. The molecule has 17 heavy (non-hydrogen) atoms. The van der Waals surface area contributed by atoms with E-state index < -0.39 is 11.6 Å². The van der Waals surface area contributed by atoms with E-state index in [2.05, 4.69) is 5.32 Å². The highest BCUT2D eigenvalue weighted by atomic mass is 19.1. The number of aliphatic hydroxyl groups excluding tert-OH is 1. The Bertz CT molecular complexity index is 347. The molecule has 96 valence electrons. The Kier molecular flexibility index (Phi) is 5.86. The molecule has 0 saturated heterocycles. The SMILES string of the molecule is CCCNC(CO)COc1cc(F)ccc1F. The predicted octanol–water partition coefficient (Wildman–Crippen LogP) is 1.70. The minimum Gasteiger partial charge on any atom is -0.489 e. The summed E-state index contributed by atoms with van der Waals surface area (Å²) >= 11 is 0. The lowest BCUT2D eigenvalue weighted by Gasteiger charge is -2.16. The van der Waals surface area contributed by atoms with Crippen LogP contribution in [0.1, 0.15) is 13.3 Å². The number of ether oxygens (including phenoxy) is 1. The van der Waals surface area contributed by atoms with Crippen LogP contribution in [-0.4, -0.2) is 30.9 Å². The maximum Gasteiger partial charge on any atom is 0.165 e. The summed E-state index contributed by atoms with van der Waals surface area (Å²) in [5, 5.41) is 12.1. The second-order valence-corrected chi connectivity index (χ2v) is 3.72. The van der Waals surface area contributed by atoms with Gasteiger partial charge in [-0.1, -0.05) is 6.92 Å². The zero-order valence-corrected chi connectivity index (χ0v) is 9.75. The van der Waals surface area contributed by atoms with Crippen LogP contribution in [0.3, 0.4) is 0 Å². The molecule has 1 aromatic rings. The van der Waals surface area contributed by atoms with Crippen LogP contribution in [0, 0.1) is 11.6 Å². The third-order valence-electron chi connectivity index (χ3n) is 2.24. The van der Waals surface area contributed by atoms with Gasteiger partial charge in [0, 0.05) is 6.07 Å². The second kappa shape index (κ2) is 7.19. The number of rotatable bonds is 7. The fourth-order valence-corrected chi connectivity index (χ4v) is 1.30. The molecule has 0 radical (unpaired) electrons. The van der Waals surface area contributed by atoms with Crippen molar-refractivity contribution in [2.45, 2.75) is 19.4 Å². The highest BCUT2D eigenvalue weighted by Crippen LogP contribution is 2.17. The summed E-state index contributed by atoms with van der Waals surface area (Å²) in [6, 6.07) is 2.75. The number of aliphatic hydroxyl groups is 1. The van der Waals surface area contributed by atoms with E-state index in [9.17, 15) is 8.78 Å². The quantitative estimate of drug-likeness (QED) is 0.768. The van der Waals surface area contributed by atoms with Crippen molar-refractivity contribution in [1.82, 2.24) is 5.32 Å². The lowest BCUT2D eigenvalue weighted by molar-refractivity contribution is 0.179. The second-order valence-electron chi connectivity index (χ2n) is 3.72. The molecule has 0 aromatic heterocycles. The molecular weight excluding hydrogens is 228 g/mol. The first-order chi connectivity index (χ1) is 8.17. The topological polar surface area (TPSA) is 41.5 Å². The molecule has 0 fully saturated rings. The highest BCUT2D eigenvalue weighted by molar-refractivity contribution is 5.24. The van der Waals surface area contributed by atoms with E-state index in [-0.39, 0.29) is 25.0 Å². The van der Waals surface area contributed by atoms with E-state index in [1.807, 2.05) is 6.92 Å². The normalized spacial score (nSPS) is 12.5. The van der Waals surface area contributed by atoms with Crippen LogP contribution < -0.4 is 10.1 Å². The third-order valence-corrected chi connectivity index (χ3v) is 2.24. The summed E-state index contributed by atoms with van der Waals surface area (Å²) < 4.78 is 31.2. The van der Waals surface area contributed by atoms with Crippen molar-refractivity contribution in [3.8, 4) is 5.75 Å². The van der Waals surface area contributed by atoms with Gasteiger partial charge in [-0.15, -0.1) is 0 Å². The summed E-state index contributed by atoms with van der Waals surface area (Å²) in [7, 11) is 0. The minimum absolute atomic E-state index is 0.0941. The number of nitrogens with one attached hydrogen (secondary N) is 1. The van der Waals surface area contributed by atoms with Crippen LogP contribution in [0.2, 0.25) is 0 Å². The monoisotopic (exact) mass is 245 g/mol. The van der Waals surface area contributed by atoms with Crippen molar-refractivity contribution in [3.63, 3.8) is 0 Å². The summed E-state index contributed by atoms with van der Waals surface area (Å²) in [5.74, 6) is -1.30. The van der Waals surface area contributed by atoms with E-state index in [1.54, 1.807) is 0 Å². The van der Waals surface area contributed by atoms with Crippen molar-refractivity contribution in [2.24, 2.45) is 0 Å². The molecule has 1 atom stereocenters. The highest BCUT2D eigenvalue weighted by Gasteiger charge is 2.10. The molecule has 1 unspecified atom stereocenters. The Hall–Kier alpha value is -1.20. The molecule has 3 nitrogen and oxygen atoms in total. The maximum atomic E-state index is 13.2. The molecule has 1 aromatic carbocycles. The Balaban J connectivity index is 2.50. The first kappa shape index (κ1) is 13.9. The van der Waals surface area contributed by atoms with Crippen molar-refractivity contribution in [3.05, 3.63) is 29.8 Å². The molecule has 1 rings (SSSR count). The van der Waals surface area contributed by atoms with Gasteiger partial charge in [0.2, 0.25) is 0 Å². The first-order valence-electron chi connectivity index (χ1n) is 5.59. The standard InChI is InChI=1S/C12H17F2NO2/c1-2-5-15-10(7-16)8-17-12-6-9(13)3-4-11(12)14/h3-4,6,10,15-16H,2,5,7-8H2,1H3. The molecule has 0 heterocycles. The maximum absolute atomic E-state index is 13.2. The van der Waals surface area contributed by atoms with Crippen LogP contribution in [0.15, 0.2) is 18.2 Å². The lowest BCUT2D eigenvalue weighted by Crippen LogP contribution is -2.38. The van der Waals surface area contributed by atoms with Crippen molar-refractivity contribution >= 4 is 0 Å². The van der Waals surface area contributed by atoms with Gasteiger partial charge in [0.25, 0.3) is 0 Å². The van der Waals surface area contributed by atoms with Gasteiger partial charge < -0.3 is 15.2 Å². The van der Waals surface area contributed by atoms with Crippen LogP contribution >= 0.6 is 0 Å². The van der Waals surface area contributed by atoms with Crippen LogP contribution in [0.5, 0.6) is 5.75 Å². The smallest absolute Gasteiger partial charge is 0.165 e. The van der Waals surface area contributed by atoms with E-state index in [1.165, 1.54) is 0 Å². The van der Waals surface area contributed by atoms with Gasteiger partial charge in [-0.3, -0.25) is 0 Å². The molecule has 0 amide bonds. The van der Waals surface area contributed by atoms with Gasteiger partial charge in [-0.25, -0.2) is 8.78 Å². The summed E-state index contributed by atoms with van der Waals surface area (Å²) in [6.07, 6.45) is 0.921. The lowest BCUT2D eigenvalue weighted by atomic mass is 10.3. The number of halogens is 2. The summed E-state index contributed by atoms with van der Waals surface area (Å²) in [4.78, 5) is 0. The van der Waals surface area contributed by atoms with Crippen LogP contribution in [0.4, 0.5) is 8.78 Å². The zero-order valence-electron chi connectivity index (χ0n) is 9.75. The van der Waals surface area contributed by atoms with Gasteiger partial charge in [0.15, 0.2) is 11.6 Å². The average molecular weight is 245 g/mol. The summed E-state index contributed by atoms with van der Waals surface area (Å²) in [5.41, 5.74) is 0. The van der Waals surface area contributed by atoms with Crippen molar-refractivity contribution in [1.29, 1.82) is 0 Å². The molecule has 2 N–H and O–H groups in total. The molecule has 0 aliphatic rings. The van der Waals surface area contributed by atoms with E-state index in [0.29, 0.717) is 0 Å². The Morgan fingerprint density at radius 2 is 2.18 bits per heavy atom. The van der Waals surface area contributed by atoms with E-state index in [4.69, 9.17) is 9.84 Å². The number of hydrogen-bond acceptors (Lipinski definition) is 3. The van der Waals surface area contributed by atoms with Gasteiger partial charge in [0.1, 0.15) is 12.4 Å². The molecular formula is C12H17F2NO2. The van der Waals surface area contributed by atoms with E-state index in [0.717, 1.165) is 31.2 Å². The molecule has 0 aliphatic heterocycles. The average Bonchev–Trinajstić information content (AvgIpc) is 2.33. The molecule has 0 saturated carbocycles. The zero-order chi connectivity index (χ0) is 12.7. The predicted molar refractivity (Wildman–Crippen MR) is 61.0 cm³/mol. The van der Waals surface area contributed by atoms with Crippen LogP contribution in [-0.2, 0) is 0 Å². The van der Waals surface area contributed by atoms with E-state index >= 15 is 0 Å². The molecule has 0 bridgehead atoms. The number of hydrogen-bond donors (Lipinski definition) is 2. The Labute approximate surface area is 99.4 Å². The fraction of sp³-hybridized carbons (Fsp3) is 0.500. The molecule has 0 spiro atoms. The fourth-order valence-electron chi connectivity index (χ4n) is 1.30. The van der Waals surface area contributed by atoms with Crippen LogP contribution in [0.25, 0.3) is 0 Å². The number of benzene rings is 1. The largest absolute Gasteiger partial charge is 0.489 e. The van der Waals surface area contributed by atoms with Crippen molar-refractivity contribution < 1.29 is 18.6 Å². The van der Waals surface area contributed by atoms with Gasteiger partial charge in [0.05, 0.1) is 12.6 Å². The van der Waals surface area contributed by atoms with Crippen molar-refractivity contribution in [2.75, 3.05) is 19.8 Å². The third kappa shape index (κ3) is 4.66. The minimum atomic E-state index is -0.612. The Morgan fingerprint density at radius 3 is 2.82 bits per heavy atom. The molecule has 5 heteroatoms. The summed E-state index contributed by atoms with van der Waals surface area (Å²) in [6.45, 7) is 2.71. The van der Waals surface area contributed by atoms with Gasteiger partial charge in [-0.2, -0.15) is 0 Å². The van der Waals surface area contributed by atoms with Gasteiger partial charge in [-0.05, 0) is 25.1 Å². The first-order valence-corrected chi connectivity index (χ1v) is 5.59.